The van der Waals surface area contributed by atoms with Crippen LogP contribution >= 0.6 is 0 Å². The highest BCUT2D eigenvalue weighted by Crippen LogP contribution is 2.41. The maximum Gasteiger partial charge on any atom is 0.226 e. The molecule has 4 nitrogen and oxygen atoms in total. The van der Waals surface area contributed by atoms with Gasteiger partial charge in [0.15, 0.2) is 0 Å². The number of amides is 2. The van der Waals surface area contributed by atoms with E-state index in [1.54, 1.807) is 0 Å². The summed E-state index contributed by atoms with van der Waals surface area (Å²) < 4.78 is 0. The Kier molecular flexibility index (Phi) is 3.71. The van der Waals surface area contributed by atoms with Crippen molar-refractivity contribution in [2.75, 3.05) is 6.54 Å². The molecule has 1 heterocycles. The summed E-state index contributed by atoms with van der Waals surface area (Å²) in [5.41, 5.74) is 2.33. The maximum atomic E-state index is 12.6. The Bertz CT molecular complexity index is 603. The first-order valence-electron chi connectivity index (χ1n) is 8.03. The first-order valence-corrected chi connectivity index (χ1v) is 8.03. The predicted molar refractivity (Wildman–Crippen MR) is 85.1 cm³/mol. The van der Waals surface area contributed by atoms with Crippen molar-refractivity contribution in [2.45, 2.75) is 45.7 Å². The van der Waals surface area contributed by atoms with Crippen molar-refractivity contribution in [1.82, 2.24) is 10.2 Å². The zero-order valence-electron chi connectivity index (χ0n) is 13.6. The van der Waals surface area contributed by atoms with Gasteiger partial charge in [-0.25, -0.2) is 0 Å². The Morgan fingerprint density at radius 1 is 1.14 bits per heavy atom. The fourth-order valence-corrected chi connectivity index (χ4v) is 3.14. The van der Waals surface area contributed by atoms with Crippen molar-refractivity contribution in [3.63, 3.8) is 0 Å². The van der Waals surface area contributed by atoms with E-state index in [0.29, 0.717) is 13.0 Å². The third-order valence-electron chi connectivity index (χ3n) is 4.38. The molecule has 1 aromatic carbocycles. The molecule has 2 unspecified atom stereocenters. The molecule has 1 N–H and O–H groups in total. The Balaban J connectivity index is 1.59. The monoisotopic (exact) mass is 300 g/mol. The number of hydrogen-bond donors (Lipinski definition) is 1. The van der Waals surface area contributed by atoms with E-state index in [0.717, 1.165) is 13.0 Å². The SMILES string of the molecule is CC(C)(C)NC(=O)C1CC1C(=O)N1CCc2ccccc2C1. The molecule has 22 heavy (non-hydrogen) atoms. The lowest BCUT2D eigenvalue weighted by Crippen LogP contribution is -2.43. The van der Waals surface area contributed by atoms with Gasteiger partial charge in [-0.05, 0) is 44.7 Å². The number of carbonyl (C=O) groups is 2. The van der Waals surface area contributed by atoms with Gasteiger partial charge in [0.05, 0.1) is 11.8 Å². The third kappa shape index (κ3) is 3.16. The van der Waals surface area contributed by atoms with Crippen molar-refractivity contribution >= 4 is 11.8 Å². The molecule has 0 bridgehead atoms. The molecule has 4 heteroatoms. The molecule has 0 saturated heterocycles. The zero-order valence-corrected chi connectivity index (χ0v) is 13.6. The first kappa shape index (κ1) is 15.1. The van der Waals surface area contributed by atoms with Crippen LogP contribution in [0.4, 0.5) is 0 Å². The molecule has 1 aromatic rings. The van der Waals surface area contributed by atoms with E-state index in [2.05, 4.69) is 17.4 Å². The highest BCUT2D eigenvalue weighted by atomic mass is 16.2. The van der Waals surface area contributed by atoms with Gasteiger partial charge in [-0.3, -0.25) is 9.59 Å². The summed E-state index contributed by atoms with van der Waals surface area (Å²) in [7, 11) is 0. The lowest BCUT2D eigenvalue weighted by atomic mass is 9.99. The summed E-state index contributed by atoms with van der Waals surface area (Å²) in [6, 6.07) is 8.28. The second-order valence-electron chi connectivity index (χ2n) is 7.47. The molecule has 2 amide bonds. The highest BCUT2D eigenvalue weighted by molar-refractivity contribution is 5.92. The second kappa shape index (κ2) is 5.41. The zero-order chi connectivity index (χ0) is 15.9. The quantitative estimate of drug-likeness (QED) is 0.909. The Labute approximate surface area is 131 Å². The predicted octanol–water partition coefficient (Wildman–Crippen LogP) is 2.12. The summed E-state index contributed by atoms with van der Waals surface area (Å²) in [5.74, 6) is -0.0941. The minimum atomic E-state index is -0.239. The van der Waals surface area contributed by atoms with E-state index in [-0.39, 0.29) is 29.2 Å². The van der Waals surface area contributed by atoms with Crippen LogP contribution in [0.25, 0.3) is 0 Å². The topological polar surface area (TPSA) is 49.4 Å². The standard InChI is InChI=1S/C18H24N2O2/c1-18(2,3)19-16(21)14-10-15(14)17(22)20-9-8-12-6-4-5-7-13(12)11-20/h4-7,14-15H,8-11H2,1-3H3,(H,19,21). The van der Waals surface area contributed by atoms with E-state index in [9.17, 15) is 9.59 Å². The van der Waals surface area contributed by atoms with Crippen LogP contribution in [-0.2, 0) is 22.6 Å². The van der Waals surface area contributed by atoms with E-state index >= 15 is 0 Å². The minimum absolute atomic E-state index is 0.0169. The van der Waals surface area contributed by atoms with Gasteiger partial charge in [-0.2, -0.15) is 0 Å². The number of hydrogen-bond acceptors (Lipinski definition) is 2. The van der Waals surface area contributed by atoms with E-state index < -0.39 is 0 Å². The molecule has 0 radical (unpaired) electrons. The molecule has 1 aliphatic carbocycles. The van der Waals surface area contributed by atoms with Crippen LogP contribution in [0, 0.1) is 11.8 Å². The number of nitrogens with one attached hydrogen (secondary N) is 1. The molecular formula is C18H24N2O2. The van der Waals surface area contributed by atoms with Crippen LogP contribution in [0.3, 0.4) is 0 Å². The average Bonchev–Trinajstić information content (AvgIpc) is 3.25. The average molecular weight is 300 g/mol. The summed E-state index contributed by atoms with van der Waals surface area (Å²) in [6.07, 6.45) is 1.60. The van der Waals surface area contributed by atoms with Crippen molar-refractivity contribution in [3.8, 4) is 0 Å². The molecule has 2 atom stereocenters. The van der Waals surface area contributed by atoms with Gasteiger partial charge >= 0.3 is 0 Å². The molecule has 0 spiro atoms. The minimum Gasteiger partial charge on any atom is -0.351 e. The molecular weight excluding hydrogens is 276 g/mol. The molecule has 1 aliphatic heterocycles. The van der Waals surface area contributed by atoms with Crippen LogP contribution in [0.15, 0.2) is 24.3 Å². The van der Waals surface area contributed by atoms with Crippen LogP contribution < -0.4 is 5.32 Å². The molecule has 3 rings (SSSR count). The van der Waals surface area contributed by atoms with Gasteiger partial charge < -0.3 is 10.2 Å². The van der Waals surface area contributed by atoms with Crippen molar-refractivity contribution in [3.05, 3.63) is 35.4 Å². The van der Waals surface area contributed by atoms with Crippen LogP contribution in [0.2, 0.25) is 0 Å². The van der Waals surface area contributed by atoms with Gasteiger partial charge in [0.2, 0.25) is 11.8 Å². The lowest BCUT2D eigenvalue weighted by molar-refractivity contribution is -0.135. The van der Waals surface area contributed by atoms with Crippen molar-refractivity contribution in [2.24, 2.45) is 11.8 Å². The largest absolute Gasteiger partial charge is 0.351 e. The molecule has 1 fully saturated rings. The normalized spacial score (nSPS) is 23.7. The van der Waals surface area contributed by atoms with Gasteiger partial charge in [0, 0.05) is 18.6 Å². The molecule has 0 aromatic heterocycles. The summed E-state index contributed by atoms with van der Waals surface area (Å²) in [5, 5.41) is 2.97. The number of carbonyl (C=O) groups excluding carboxylic acids is 2. The van der Waals surface area contributed by atoms with Crippen LogP contribution in [0.5, 0.6) is 0 Å². The third-order valence-corrected chi connectivity index (χ3v) is 4.38. The molecule has 1 saturated carbocycles. The van der Waals surface area contributed by atoms with Crippen LogP contribution in [-0.4, -0.2) is 28.8 Å². The van der Waals surface area contributed by atoms with Crippen molar-refractivity contribution in [1.29, 1.82) is 0 Å². The van der Waals surface area contributed by atoms with E-state index in [1.165, 1.54) is 11.1 Å². The summed E-state index contributed by atoms with van der Waals surface area (Å²) in [6.45, 7) is 7.34. The fraction of sp³-hybridized carbons (Fsp3) is 0.556. The number of nitrogens with zero attached hydrogens (tertiary/aromatic N) is 1. The number of rotatable bonds is 2. The van der Waals surface area contributed by atoms with Gasteiger partial charge in [-0.1, -0.05) is 24.3 Å². The second-order valence-corrected chi connectivity index (χ2v) is 7.47. The fourth-order valence-electron chi connectivity index (χ4n) is 3.14. The smallest absolute Gasteiger partial charge is 0.226 e. The Morgan fingerprint density at radius 3 is 2.50 bits per heavy atom. The number of benzene rings is 1. The highest BCUT2D eigenvalue weighted by Gasteiger charge is 2.50. The van der Waals surface area contributed by atoms with E-state index in [1.807, 2.05) is 37.8 Å². The van der Waals surface area contributed by atoms with E-state index in [4.69, 9.17) is 0 Å². The lowest BCUT2D eigenvalue weighted by Gasteiger charge is -2.29. The van der Waals surface area contributed by atoms with Gasteiger partial charge in [0.25, 0.3) is 0 Å². The first-order chi connectivity index (χ1) is 10.3. The summed E-state index contributed by atoms with van der Waals surface area (Å²) in [4.78, 5) is 26.6. The van der Waals surface area contributed by atoms with Crippen LogP contribution in [0.1, 0.15) is 38.3 Å². The van der Waals surface area contributed by atoms with Gasteiger partial charge in [-0.15, -0.1) is 0 Å². The number of fused-ring (bicyclic) bond motifs is 1. The maximum absolute atomic E-state index is 12.6. The van der Waals surface area contributed by atoms with Gasteiger partial charge in [0.1, 0.15) is 0 Å². The summed E-state index contributed by atoms with van der Waals surface area (Å²) >= 11 is 0. The molecule has 118 valence electrons. The molecule has 2 aliphatic rings. The Hall–Kier alpha value is -1.84. The van der Waals surface area contributed by atoms with Crippen molar-refractivity contribution < 1.29 is 9.59 Å². The Morgan fingerprint density at radius 2 is 1.82 bits per heavy atom.